The zero-order valence-electron chi connectivity index (χ0n) is 14.3. The van der Waals surface area contributed by atoms with E-state index in [-0.39, 0.29) is 31.4 Å². The quantitative estimate of drug-likeness (QED) is 0.707. The number of carbonyl (C=O) groups excluding carboxylic acids is 2. The van der Waals surface area contributed by atoms with Crippen molar-refractivity contribution in [3.8, 4) is 11.5 Å². The minimum absolute atomic E-state index is 0.140. The summed E-state index contributed by atoms with van der Waals surface area (Å²) < 4.78 is 12.2. The van der Waals surface area contributed by atoms with Crippen LogP contribution in [-0.2, 0) is 9.59 Å². The van der Waals surface area contributed by atoms with E-state index in [9.17, 15) is 9.59 Å². The van der Waals surface area contributed by atoms with Crippen molar-refractivity contribution in [2.45, 2.75) is 12.5 Å². The van der Waals surface area contributed by atoms with Gasteiger partial charge >= 0.3 is 0 Å². The lowest BCUT2D eigenvalue weighted by Gasteiger charge is -2.25. The monoisotopic (exact) mass is 383 g/mol. The number of rotatable bonds is 5. The first-order valence-corrected chi connectivity index (χ1v) is 9.32. The molecule has 0 saturated heterocycles. The minimum Gasteiger partial charge on any atom is -0.485 e. The highest BCUT2D eigenvalue weighted by Gasteiger charge is 2.27. The van der Waals surface area contributed by atoms with Crippen LogP contribution < -0.4 is 20.1 Å². The van der Waals surface area contributed by atoms with Crippen LogP contribution in [0.4, 0.5) is 5.13 Å². The Kier molecular flexibility index (Phi) is 4.88. The van der Waals surface area contributed by atoms with Crippen molar-refractivity contribution in [1.82, 2.24) is 10.3 Å². The molecule has 0 bridgehead atoms. The largest absolute Gasteiger partial charge is 0.485 e. The van der Waals surface area contributed by atoms with Crippen molar-refractivity contribution < 1.29 is 19.1 Å². The van der Waals surface area contributed by atoms with E-state index in [1.807, 2.05) is 36.4 Å². The van der Waals surface area contributed by atoms with E-state index in [2.05, 4.69) is 15.6 Å². The Hall–Kier alpha value is -3.13. The van der Waals surface area contributed by atoms with E-state index >= 15 is 0 Å². The standard InChI is InChI=1S/C19H17N3O4S/c23-17(22-19-21-12-5-1-4-8-16(12)27-19)9-10-20-18(24)15-11-25-13-6-2-3-7-14(13)26-15/h1-8,15H,9-11H2,(H,20,24)(H,21,22,23)/t15-/m0/s1. The van der Waals surface area contributed by atoms with Gasteiger partial charge < -0.3 is 20.1 Å². The molecule has 2 N–H and O–H groups in total. The number of benzene rings is 2. The van der Waals surface area contributed by atoms with E-state index in [1.165, 1.54) is 11.3 Å². The van der Waals surface area contributed by atoms with E-state index in [0.29, 0.717) is 16.6 Å². The molecule has 27 heavy (non-hydrogen) atoms. The third kappa shape index (κ3) is 4.01. The molecule has 0 unspecified atom stereocenters. The molecule has 1 aliphatic heterocycles. The lowest BCUT2D eigenvalue weighted by atomic mass is 10.2. The van der Waals surface area contributed by atoms with Crippen LogP contribution in [-0.4, -0.2) is 36.1 Å². The third-order valence-electron chi connectivity index (χ3n) is 3.99. The molecule has 1 aromatic heterocycles. The zero-order chi connectivity index (χ0) is 18.6. The Bertz CT molecular complexity index is 955. The Morgan fingerprint density at radius 2 is 1.89 bits per heavy atom. The number of aromatic nitrogens is 1. The molecule has 3 aromatic rings. The van der Waals surface area contributed by atoms with E-state index in [0.717, 1.165) is 10.2 Å². The van der Waals surface area contributed by atoms with Crippen LogP contribution in [0.2, 0.25) is 0 Å². The smallest absolute Gasteiger partial charge is 0.264 e. The summed E-state index contributed by atoms with van der Waals surface area (Å²) in [5.41, 5.74) is 0.848. The van der Waals surface area contributed by atoms with Crippen LogP contribution in [0, 0.1) is 0 Å². The topological polar surface area (TPSA) is 89.6 Å². The minimum atomic E-state index is -0.729. The maximum absolute atomic E-state index is 12.2. The van der Waals surface area contributed by atoms with Crippen molar-refractivity contribution in [1.29, 1.82) is 0 Å². The maximum atomic E-state index is 12.2. The summed E-state index contributed by atoms with van der Waals surface area (Å²) in [5.74, 6) is 0.645. The number of fused-ring (bicyclic) bond motifs is 2. The van der Waals surface area contributed by atoms with Gasteiger partial charge in [0.1, 0.15) is 6.61 Å². The number of hydrogen-bond donors (Lipinski definition) is 2. The number of para-hydroxylation sites is 3. The van der Waals surface area contributed by atoms with Gasteiger partial charge in [0.15, 0.2) is 16.6 Å². The molecule has 1 aliphatic rings. The number of thiazole rings is 1. The van der Waals surface area contributed by atoms with Gasteiger partial charge in [0.25, 0.3) is 5.91 Å². The molecule has 8 heteroatoms. The normalized spacial score (nSPS) is 15.3. The Balaban J connectivity index is 1.24. The van der Waals surface area contributed by atoms with Crippen molar-refractivity contribution in [3.05, 3.63) is 48.5 Å². The van der Waals surface area contributed by atoms with Crippen LogP contribution in [0.25, 0.3) is 10.2 Å². The molecular formula is C19H17N3O4S. The fraction of sp³-hybridized carbons (Fsp3) is 0.211. The second-order valence-corrected chi connectivity index (χ2v) is 6.97. The van der Waals surface area contributed by atoms with Gasteiger partial charge in [-0.2, -0.15) is 0 Å². The molecule has 7 nitrogen and oxygen atoms in total. The lowest BCUT2D eigenvalue weighted by Crippen LogP contribution is -2.44. The zero-order valence-corrected chi connectivity index (χ0v) is 15.1. The SMILES string of the molecule is O=C(CCNC(=O)[C@@H]1COc2ccccc2O1)Nc1nc2ccccc2s1. The van der Waals surface area contributed by atoms with Crippen molar-refractivity contribution in [3.63, 3.8) is 0 Å². The number of carbonyl (C=O) groups is 2. The van der Waals surface area contributed by atoms with Gasteiger partial charge in [-0.1, -0.05) is 35.6 Å². The second kappa shape index (κ2) is 7.63. The van der Waals surface area contributed by atoms with Gasteiger partial charge in [-0.05, 0) is 24.3 Å². The van der Waals surface area contributed by atoms with E-state index in [1.54, 1.807) is 12.1 Å². The predicted molar refractivity (Wildman–Crippen MR) is 102 cm³/mol. The third-order valence-corrected chi connectivity index (χ3v) is 4.94. The van der Waals surface area contributed by atoms with Crippen LogP contribution in [0.3, 0.4) is 0 Å². The molecule has 2 aromatic carbocycles. The Morgan fingerprint density at radius 1 is 1.11 bits per heavy atom. The number of anilines is 1. The van der Waals surface area contributed by atoms with Gasteiger partial charge in [0, 0.05) is 13.0 Å². The fourth-order valence-electron chi connectivity index (χ4n) is 2.67. The molecule has 0 fully saturated rings. The lowest BCUT2D eigenvalue weighted by molar-refractivity contribution is -0.130. The summed E-state index contributed by atoms with van der Waals surface area (Å²) in [6.07, 6.45) is -0.585. The Morgan fingerprint density at radius 3 is 2.74 bits per heavy atom. The van der Waals surface area contributed by atoms with Crippen LogP contribution >= 0.6 is 11.3 Å². The number of nitrogens with zero attached hydrogens (tertiary/aromatic N) is 1. The molecular weight excluding hydrogens is 366 g/mol. The van der Waals surface area contributed by atoms with E-state index < -0.39 is 6.10 Å². The van der Waals surface area contributed by atoms with Gasteiger partial charge in [0.05, 0.1) is 10.2 Å². The van der Waals surface area contributed by atoms with Gasteiger partial charge in [-0.3, -0.25) is 9.59 Å². The fourth-order valence-corrected chi connectivity index (χ4v) is 3.55. The molecule has 138 valence electrons. The number of amides is 2. The van der Waals surface area contributed by atoms with Crippen molar-refractivity contribution in [2.75, 3.05) is 18.5 Å². The summed E-state index contributed by atoms with van der Waals surface area (Å²) in [6.45, 7) is 0.345. The summed E-state index contributed by atoms with van der Waals surface area (Å²) in [5, 5.41) is 6.01. The molecule has 1 atom stereocenters. The highest BCUT2D eigenvalue weighted by molar-refractivity contribution is 7.22. The Labute approximate surface area is 159 Å². The summed E-state index contributed by atoms with van der Waals surface area (Å²) in [6, 6.07) is 14.9. The number of nitrogens with one attached hydrogen (secondary N) is 2. The predicted octanol–water partition coefficient (Wildman–Crippen LogP) is 2.58. The molecule has 2 heterocycles. The maximum Gasteiger partial charge on any atom is 0.264 e. The van der Waals surface area contributed by atoms with Crippen LogP contribution in [0.5, 0.6) is 11.5 Å². The summed E-state index contributed by atoms with van der Waals surface area (Å²) in [4.78, 5) is 28.6. The van der Waals surface area contributed by atoms with Crippen molar-refractivity contribution >= 4 is 38.5 Å². The highest BCUT2D eigenvalue weighted by Crippen LogP contribution is 2.30. The molecule has 0 radical (unpaired) electrons. The first-order chi connectivity index (χ1) is 13.2. The van der Waals surface area contributed by atoms with E-state index in [4.69, 9.17) is 9.47 Å². The summed E-state index contributed by atoms with van der Waals surface area (Å²) in [7, 11) is 0. The molecule has 2 amide bonds. The molecule has 0 spiro atoms. The van der Waals surface area contributed by atoms with Gasteiger partial charge in [-0.15, -0.1) is 0 Å². The molecule has 4 rings (SSSR count). The van der Waals surface area contributed by atoms with Crippen molar-refractivity contribution in [2.24, 2.45) is 0 Å². The number of hydrogen-bond acceptors (Lipinski definition) is 6. The average Bonchev–Trinajstić information content (AvgIpc) is 3.09. The molecule has 0 saturated carbocycles. The average molecular weight is 383 g/mol. The first-order valence-electron chi connectivity index (χ1n) is 8.51. The van der Waals surface area contributed by atoms with Gasteiger partial charge in [-0.25, -0.2) is 4.98 Å². The second-order valence-electron chi connectivity index (χ2n) is 5.94. The summed E-state index contributed by atoms with van der Waals surface area (Å²) >= 11 is 1.41. The van der Waals surface area contributed by atoms with Gasteiger partial charge in [0.2, 0.25) is 12.0 Å². The number of ether oxygens (including phenoxy) is 2. The molecule has 0 aliphatic carbocycles. The van der Waals surface area contributed by atoms with Crippen LogP contribution in [0.1, 0.15) is 6.42 Å². The first kappa shape index (κ1) is 17.3. The van der Waals surface area contributed by atoms with Crippen LogP contribution in [0.15, 0.2) is 48.5 Å². The highest BCUT2D eigenvalue weighted by atomic mass is 32.1.